The Balaban J connectivity index is 1.49. The molecule has 0 unspecified atom stereocenters. The molecule has 0 saturated carbocycles. The summed E-state index contributed by atoms with van der Waals surface area (Å²) < 4.78 is 6.03. The highest BCUT2D eigenvalue weighted by molar-refractivity contribution is 7.15. The summed E-state index contributed by atoms with van der Waals surface area (Å²) in [5.41, 5.74) is 2.73. The molecule has 4 nitrogen and oxygen atoms in total. The van der Waals surface area contributed by atoms with Crippen molar-refractivity contribution in [3.05, 3.63) is 58.3 Å². The van der Waals surface area contributed by atoms with Gasteiger partial charge in [0, 0.05) is 11.4 Å². The quantitative estimate of drug-likeness (QED) is 0.591. The van der Waals surface area contributed by atoms with Crippen molar-refractivity contribution < 1.29 is 4.42 Å². The van der Waals surface area contributed by atoms with Crippen LogP contribution in [0.25, 0.3) is 10.8 Å². The lowest BCUT2D eigenvalue weighted by atomic mass is 10.0. The van der Waals surface area contributed by atoms with E-state index in [-0.39, 0.29) is 6.04 Å². The highest BCUT2D eigenvalue weighted by Crippen LogP contribution is 2.35. The number of benzene rings is 1. The highest BCUT2D eigenvalue weighted by atomic mass is 32.1. The second kappa shape index (κ2) is 7.33. The molecule has 0 N–H and O–H groups in total. The van der Waals surface area contributed by atoms with Gasteiger partial charge in [-0.15, -0.1) is 21.5 Å². The van der Waals surface area contributed by atoms with Crippen LogP contribution < -0.4 is 0 Å². The summed E-state index contributed by atoms with van der Waals surface area (Å²) in [4.78, 5) is 4.77. The first-order valence-corrected chi connectivity index (χ1v) is 10.1. The second-order valence-corrected chi connectivity index (χ2v) is 8.67. The molecule has 5 heteroatoms. The highest BCUT2D eigenvalue weighted by Gasteiger charge is 2.30. The smallest absolute Gasteiger partial charge is 0.257 e. The minimum Gasteiger partial charge on any atom is -0.418 e. The van der Waals surface area contributed by atoms with Gasteiger partial charge in [0.1, 0.15) is 0 Å². The molecule has 2 aromatic heterocycles. The van der Waals surface area contributed by atoms with Crippen LogP contribution in [0.5, 0.6) is 0 Å². The maximum atomic E-state index is 6.03. The molecule has 1 aromatic carbocycles. The number of rotatable bonds is 5. The van der Waals surface area contributed by atoms with E-state index >= 15 is 0 Å². The van der Waals surface area contributed by atoms with Gasteiger partial charge in [0.15, 0.2) is 0 Å². The van der Waals surface area contributed by atoms with Gasteiger partial charge >= 0.3 is 0 Å². The largest absolute Gasteiger partial charge is 0.418 e. The minimum absolute atomic E-state index is 0.224. The first-order chi connectivity index (χ1) is 12.6. The number of hydrogen-bond acceptors (Lipinski definition) is 5. The summed E-state index contributed by atoms with van der Waals surface area (Å²) in [6, 6.07) is 13.4. The number of aromatic nitrogens is 2. The number of aryl methyl sites for hydroxylation is 1. The summed E-state index contributed by atoms with van der Waals surface area (Å²) in [5, 5.41) is 8.65. The molecule has 0 spiro atoms. The van der Waals surface area contributed by atoms with Crippen molar-refractivity contribution in [3.8, 4) is 10.8 Å². The van der Waals surface area contributed by atoms with Gasteiger partial charge in [0.25, 0.3) is 5.89 Å². The van der Waals surface area contributed by atoms with Gasteiger partial charge in [0.05, 0.1) is 10.9 Å². The lowest BCUT2D eigenvalue weighted by Gasteiger charge is -2.21. The standard InChI is InChI=1S/C21H25N3OS/c1-14(2)17-9-7-16(8-10-17)13-24-12-4-5-18(24)20-22-23-21(25-20)19-11-6-15(3)26-19/h6-11,14,18H,4-5,12-13H2,1-3H3/t18-/m0/s1. The molecule has 1 saturated heterocycles. The Morgan fingerprint density at radius 1 is 1.15 bits per heavy atom. The molecule has 26 heavy (non-hydrogen) atoms. The van der Waals surface area contributed by atoms with Gasteiger partial charge in [-0.25, -0.2) is 0 Å². The molecule has 1 aliphatic heterocycles. The van der Waals surface area contributed by atoms with Gasteiger partial charge in [0.2, 0.25) is 5.89 Å². The van der Waals surface area contributed by atoms with Crippen LogP contribution in [0.3, 0.4) is 0 Å². The van der Waals surface area contributed by atoms with Crippen molar-refractivity contribution in [1.82, 2.24) is 15.1 Å². The number of likely N-dealkylation sites (tertiary alicyclic amines) is 1. The third kappa shape index (κ3) is 3.60. The van der Waals surface area contributed by atoms with E-state index in [1.807, 2.05) is 0 Å². The van der Waals surface area contributed by atoms with E-state index < -0.39 is 0 Å². The number of thiophene rings is 1. The van der Waals surface area contributed by atoms with Crippen molar-refractivity contribution >= 4 is 11.3 Å². The summed E-state index contributed by atoms with van der Waals surface area (Å²) >= 11 is 1.69. The Kier molecular flexibility index (Phi) is 4.92. The van der Waals surface area contributed by atoms with Crippen molar-refractivity contribution in [2.75, 3.05) is 6.54 Å². The van der Waals surface area contributed by atoms with E-state index in [4.69, 9.17) is 4.42 Å². The van der Waals surface area contributed by atoms with E-state index in [1.54, 1.807) is 11.3 Å². The van der Waals surface area contributed by atoms with E-state index in [1.165, 1.54) is 22.4 Å². The topological polar surface area (TPSA) is 42.2 Å². The molecule has 1 fully saturated rings. The van der Waals surface area contributed by atoms with Crippen LogP contribution in [0.15, 0.2) is 40.8 Å². The number of hydrogen-bond donors (Lipinski definition) is 0. The van der Waals surface area contributed by atoms with Crippen LogP contribution in [0.1, 0.15) is 60.5 Å². The molecule has 0 amide bonds. The zero-order chi connectivity index (χ0) is 18.1. The summed E-state index contributed by atoms with van der Waals surface area (Å²) in [7, 11) is 0. The predicted octanol–water partition coefficient (Wildman–Crippen LogP) is 5.57. The van der Waals surface area contributed by atoms with Crippen molar-refractivity contribution in [2.45, 2.75) is 52.1 Å². The van der Waals surface area contributed by atoms with Crippen LogP contribution in [0, 0.1) is 6.92 Å². The molecular weight excluding hydrogens is 342 g/mol. The van der Waals surface area contributed by atoms with Gasteiger partial charge in [-0.2, -0.15) is 0 Å². The van der Waals surface area contributed by atoms with Gasteiger partial charge in [-0.1, -0.05) is 38.1 Å². The lowest BCUT2D eigenvalue weighted by Crippen LogP contribution is -2.23. The maximum Gasteiger partial charge on any atom is 0.257 e. The third-order valence-electron chi connectivity index (χ3n) is 5.07. The maximum absolute atomic E-state index is 6.03. The Hall–Kier alpha value is -1.98. The molecule has 0 radical (unpaired) electrons. The normalized spacial score (nSPS) is 18.1. The lowest BCUT2D eigenvalue weighted by molar-refractivity contribution is 0.215. The molecule has 1 aliphatic rings. The Morgan fingerprint density at radius 2 is 1.96 bits per heavy atom. The van der Waals surface area contributed by atoms with E-state index in [0.29, 0.717) is 11.8 Å². The van der Waals surface area contributed by atoms with Crippen LogP contribution in [-0.2, 0) is 6.54 Å². The van der Waals surface area contributed by atoms with E-state index in [9.17, 15) is 0 Å². The fourth-order valence-corrected chi connectivity index (χ4v) is 4.34. The summed E-state index contributed by atoms with van der Waals surface area (Å²) in [6.45, 7) is 8.56. The van der Waals surface area contributed by atoms with Crippen LogP contribution in [0.4, 0.5) is 0 Å². The molecule has 0 bridgehead atoms. The molecule has 1 atom stereocenters. The molecule has 0 aliphatic carbocycles. The minimum atomic E-state index is 0.224. The Bertz CT molecular complexity index is 866. The zero-order valence-corrected chi connectivity index (χ0v) is 16.4. The van der Waals surface area contributed by atoms with Crippen LogP contribution in [0.2, 0.25) is 0 Å². The first-order valence-electron chi connectivity index (χ1n) is 9.33. The van der Waals surface area contributed by atoms with Gasteiger partial charge in [-0.3, -0.25) is 4.90 Å². The molecule has 3 heterocycles. The molecule has 3 aromatic rings. The summed E-state index contributed by atoms with van der Waals surface area (Å²) in [6.07, 6.45) is 2.25. The SMILES string of the molecule is Cc1ccc(-c2nnc([C@@H]3CCCN3Cc3ccc(C(C)C)cc3)o2)s1. The Morgan fingerprint density at radius 3 is 2.65 bits per heavy atom. The average molecular weight is 368 g/mol. The fourth-order valence-electron chi connectivity index (χ4n) is 3.56. The van der Waals surface area contributed by atoms with Gasteiger partial charge in [-0.05, 0) is 55.5 Å². The molecule has 4 rings (SSSR count). The molecular formula is C21H25N3OS. The number of nitrogens with zero attached hydrogens (tertiary/aromatic N) is 3. The third-order valence-corrected chi connectivity index (χ3v) is 6.06. The summed E-state index contributed by atoms with van der Waals surface area (Å²) in [5.74, 6) is 1.97. The van der Waals surface area contributed by atoms with Crippen molar-refractivity contribution in [1.29, 1.82) is 0 Å². The average Bonchev–Trinajstić information content (AvgIpc) is 3.35. The van der Waals surface area contributed by atoms with Crippen molar-refractivity contribution in [2.24, 2.45) is 0 Å². The van der Waals surface area contributed by atoms with Crippen LogP contribution in [-0.4, -0.2) is 21.6 Å². The van der Waals surface area contributed by atoms with E-state index in [2.05, 4.69) is 72.3 Å². The first kappa shape index (κ1) is 17.4. The Labute approximate surface area is 158 Å². The van der Waals surface area contributed by atoms with Crippen LogP contribution >= 0.6 is 11.3 Å². The van der Waals surface area contributed by atoms with E-state index in [0.717, 1.165) is 30.3 Å². The monoisotopic (exact) mass is 367 g/mol. The zero-order valence-electron chi connectivity index (χ0n) is 15.6. The van der Waals surface area contributed by atoms with Gasteiger partial charge < -0.3 is 4.42 Å². The fraction of sp³-hybridized carbons (Fsp3) is 0.429. The molecule has 136 valence electrons. The second-order valence-electron chi connectivity index (χ2n) is 7.38. The predicted molar refractivity (Wildman–Crippen MR) is 105 cm³/mol. The van der Waals surface area contributed by atoms with Crippen molar-refractivity contribution in [3.63, 3.8) is 0 Å².